The molecule has 3 N–H and O–H groups in total. The Morgan fingerprint density at radius 2 is 2.15 bits per heavy atom. The van der Waals surface area contributed by atoms with E-state index in [1.165, 1.54) is 6.92 Å². The topological polar surface area (TPSA) is 86.5 Å². The second-order valence-electron chi connectivity index (χ2n) is 7.46. The van der Waals surface area contributed by atoms with Crippen LogP contribution in [0.4, 0.5) is 5.82 Å². The van der Waals surface area contributed by atoms with Crippen molar-refractivity contribution in [1.82, 2.24) is 4.98 Å². The second kappa shape index (κ2) is 7.96. The van der Waals surface area contributed by atoms with Crippen LogP contribution in [0.5, 0.6) is 11.5 Å². The maximum atomic E-state index is 11.3. The zero-order valence-electron chi connectivity index (χ0n) is 16.3. The number of amides is 1. The molecule has 0 fully saturated rings. The number of carbonyl (C=O) groups is 1. The van der Waals surface area contributed by atoms with E-state index in [0.29, 0.717) is 24.9 Å². The number of hydrogen-bond donors (Lipinski definition) is 2. The molecule has 6 heteroatoms. The van der Waals surface area contributed by atoms with Crippen molar-refractivity contribution >= 4 is 11.7 Å². The predicted molar refractivity (Wildman–Crippen MR) is 106 cm³/mol. The first-order valence-electron chi connectivity index (χ1n) is 9.26. The summed E-state index contributed by atoms with van der Waals surface area (Å²) in [6.45, 7) is 8.68. The van der Waals surface area contributed by atoms with Crippen LogP contribution in [-0.4, -0.2) is 23.5 Å². The molecule has 144 valence electrons. The van der Waals surface area contributed by atoms with Crippen molar-refractivity contribution in [2.75, 3.05) is 11.9 Å². The summed E-state index contributed by atoms with van der Waals surface area (Å²) in [5.74, 6) is 2.52. The molecule has 0 saturated carbocycles. The summed E-state index contributed by atoms with van der Waals surface area (Å²) in [5, 5.41) is 2.73. The number of anilines is 1. The average molecular weight is 369 g/mol. The number of pyridine rings is 1. The minimum atomic E-state index is -0.146. The first kappa shape index (κ1) is 19.2. The Kier molecular flexibility index (Phi) is 5.65. The number of ether oxygens (including phenoxy) is 2. The maximum absolute atomic E-state index is 11.3. The number of hydrogen-bond acceptors (Lipinski definition) is 5. The van der Waals surface area contributed by atoms with Gasteiger partial charge in [0.05, 0.1) is 0 Å². The highest BCUT2D eigenvalue weighted by Crippen LogP contribution is 2.43. The van der Waals surface area contributed by atoms with E-state index in [2.05, 4.69) is 24.1 Å². The van der Waals surface area contributed by atoms with Gasteiger partial charge in [0.1, 0.15) is 30.5 Å². The Morgan fingerprint density at radius 3 is 2.85 bits per heavy atom. The normalized spacial score (nSPS) is 13.4. The van der Waals surface area contributed by atoms with Gasteiger partial charge in [-0.15, -0.1) is 0 Å². The third-order valence-electron chi connectivity index (χ3n) is 4.54. The highest BCUT2D eigenvalue weighted by Gasteiger charge is 2.22. The second-order valence-corrected chi connectivity index (χ2v) is 7.46. The molecule has 1 aliphatic heterocycles. The van der Waals surface area contributed by atoms with Crippen LogP contribution in [0, 0.1) is 12.8 Å². The van der Waals surface area contributed by atoms with Gasteiger partial charge in [-0.05, 0) is 43.0 Å². The molecule has 2 aromatic rings. The van der Waals surface area contributed by atoms with Gasteiger partial charge < -0.3 is 20.5 Å². The van der Waals surface area contributed by atoms with E-state index < -0.39 is 0 Å². The zero-order chi connectivity index (χ0) is 19.6. The van der Waals surface area contributed by atoms with E-state index in [-0.39, 0.29) is 11.9 Å². The van der Waals surface area contributed by atoms with E-state index in [1.807, 2.05) is 25.1 Å². The molecule has 1 aromatic carbocycles. The lowest BCUT2D eigenvalue weighted by Gasteiger charge is -2.24. The minimum absolute atomic E-state index is 0.00774. The molecule has 2 heterocycles. The first-order chi connectivity index (χ1) is 12.8. The van der Waals surface area contributed by atoms with Crippen molar-refractivity contribution in [1.29, 1.82) is 0 Å². The van der Waals surface area contributed by atoms with Gasteiger partial charge in [-0.25, -0.2) is 4.98 Å². The Bertz CT molecular complexity index is 849. The quantitative estimate of drug-likeness (QED) is 0.811. The molecule has 0 bridgehead atoms. The lowest BCUT2D eigenvalue weighted by atomic mass is 9.96. The smallest absolute Gasteiger partial charge is 0.222 e. The van der Waals surface area contributed by atoms with Crippen molar-refractivity contribution in [2.45, 2.75) is 46.8 Å². The Balaban J connectivity index is 1.85. The number of nitrogens with two attached hydrogens (primary N) is 1. The van der Waals surface area contributed by atoms with E-state index in [1.54, 1.807) is 6.20 Å². The van der Waals surface area contributed by atoms with Crippen LogP contribution in [0.3, 0.4) is 0 Å². The van der Waals surface area contributed by atoms with Crippen molar-refractivity contribution in [2.24, 2.45) is 11.7 Å². The average Bonchev–Trinajstić information content (AvgIpc) is 2.60. The highest BCUT2D eigenvalue weighted by atomic mass is 16.5. The summed E-state index contributed by atoms with van der Waals surface area (Å²) < 4.78 is 11.9. The lowest BCUT2D eigenvalue weighted by molar-refractivity contribution is -0.114. The molecule has 3 rings (SSSR count). The molecule has 1 atom stereocenters. The van der Waals surface area contributed by atoms with Gasteiger partial charge in [-0.1, -0.05) is 13.8 Å². The summed E-state index contributed by atoms with van der Waals surface area (Å²) >= 11 is 0. The summed E-state index contributed by atoms with van der Waals surface area (Å²) in [6.07, 6.45) is 2.67. The van der Waals surface area contributed by atoms with Crippen molar-refractivity contribution in [3.05, 3.63) is 35.5 Å². The molecule has 1 amide bonds. The third-order valence-corrected chi connectivity index (χ3v) is 4.54. The maximum Gasteiger partial charge on any atom is 0.222 e. The fourth-order valence-electron chi connectivity index (χ4n) is 3.35. The van der Waals surface area contributed by atoms with E-state index in [0.717, 1.165) is 40.2 Å². The molecular formula is C21H27N3O3. The molecular weight excluding hydrogens is 342 g/mol. The molecule has 6 nitrogen and oxygen atoms in total. The largest absolute Gasteiger partial charge is 0.492 e. The molecule has 1 aliphatic rings. The SMILES string of the molecule is CC(=O)Nc1cc2c(cn1)COc1c-2ccc(OCC(N)CC(C)C)c1C. The molecule has 0 saturated heterocycles. The Labute approximate surface area is 160 Å². The number of nitrogens with one attached hydrogen (secondary N) is 1. The Hall–Kier alpha value is -2.60. The molecule has 27 heavy (non-hydrogen) atoms. The lowest BCUT2D eigenvalue weighted by Crippen LogP contribution is -2.29. The first-order valence-corrected chi connectivity index (χ1v) is 9.26. The van der Waals surface area contributed by atoms with Gasteiger partial charge in [0, 0.05) is 35.9 Å². The van der Waals surface area contributed by atoms with Gasteiger partial charge in [-0.2, -0.15) is 0 Å². The van der Waals surface area contributed by atoms with Gasteiger partial charge in [-0.3, -0.25) is 4.79 Å². The van der Waals surface area contributed by atoms with E-state index in [9.17, 15) is 4.79 Å². The van der Waals surface area contributed by atoms with E-state index >= 15 is 0 Å². The number of benzene rings is 1. The van der Waals surface area contributed by atoms with Crippen LogP contribution in [0.2, 0.25) is 0 Å². The third kappa shape index (κ3) is 4.39. The standard InChI is InChI=1S/C21H27N3O3/c1-12(2)7-16(22)11-26-19-6-5-17-18-8-20(24-14(4)25)23-9-15(18)10-27-21(17)13(19)3/h5-6,8-9,12,16H,7,10-11,22H2,1-4H3,(H,23,24,25). The number of rotatable bonds is 6. The van der Waals surface area contributed by atoms with Crippen LogP contribution < -0.4 is 20.5 Å². The van der Waals surface area contributed by atoms with Crippen molar-refractivity contribution in [3.63, 3.8) is 0 Å². The highest BCUT2D eigenvalue weighted by molar-refractivity contribution is 5.89. The summed E-state index contributed by atoms with van der Waals surface area (Å²) in [7, 11) is 0. The fourth-order valence-corrected chi connectivity index (χ4v) is 3.35. The molecule has 0 aliphatic carbocycles. The summed E-state index contributed by atoms with van der Waals surface area (Å²) in [5.41, 5.74) is 10.1. The van der Waals surface area contributed by atoms with Crippen LogP contribution in [0.1, 0.15) is 38.3 Å². The summed E-state index contributed by atoms with van der Waals surface area (Å²) in [4.78, 5) is 15.6. The van der Waals surface area contributed by atoms with Crippen LogP contribution in [-0.2, 0) is 11.4 Å². The summed E-state index contributed by atoms with van der Waals surface area (Å²) in [6, 6.07) is 5.83. The van der Waals surface area contributed by atoms with Crippen LogP contribution in [0.15, 0.2) is 24.4 Å². The Morgan fingerprint density at radius 1 is 1.37 bits per heavy atom. The predicted octanol–water partition coefficient (Wildman–Crippen LogP) is 3.66. The van der Waals surface area contributed by atoms with Gasteiger partial charge >= 0.3 is 0 Å². The molecule has 1 unspecified atom stereocenters. The molecule has 0 radical (unpaired) electrons. The molecule has 1 aromatic heterocycles. The van der Waals surface area contributed by atoms with Crippen LogP contribution in [0.25, 0.3) is 11.1 Å². The monoisotopic (exact) mass is 369 g/mol. The number of aromatic nitrogens is 1. The van der Waals surface area contributed by atoms with Gasteiger partial charge in [0.25, 0.3) is 0 Å². The number of fused-ring (bicyclic) bond motifs is 3. The van der Waals surface area contributed by atoms with E-state index in [4.69, 9.17) is 15.2 Å². The number of nitrogens with zero attached hydrogens (tertiary/aromatic N) is 1. The van der Waals surface area contributed by atoms with Gasteiger partial charge in [0.2, 0.25) is 5.91 Å². The molecule has 0 spiro atoms. The number of carbonyl (C=O) groups excluding carboxylic acids is 1. The zero-order valence-corrected chi connectivity index (χ0v) is 16.3. The van der Waals surface area contributed by atoms with Crippen LogP contribution >= 0.6 is 0 Å². The van der Waals surface area contributed by atoms with Crippen molar-refractivity contribution < 1.29 is 14.3 Å². The minimum Gasteiger partial charge on any atom is -0.492 e. The van der Waals surface area contributed by atoms with Crippen molar-refractivity contribution in [3.8, 4) is 22.6 Å². The fraction of sp³-hybridized carbons (Fsp3) is 0.429. The van der Waals surface area contributed by atoms with Gasteiger partial charge in [0.15, 0.2) is 0 Å².